The third kappa shape index (κ3) is 7.48. The summed E-state index contributed by atoms with van der Waals surface area (Å²) in [6, 6.07) is 14.5. The molecule has 16 heteroatoms. The molecule has 0 radical (unpaired) electrons. The van der Waals surface area contributed by atoms with Crippen LogP contribution in [0.5, 0.6) is 0 Å². The quantitative estimate of drug-likeness (QED) is 0.227. The predicted octanol–water partition coefficient (Wildman–Crippen LogP) is 5.89. The van der Waals surface area contributed by atoms with Crippen LogP contribution in [0.3, 0.4) is 0 Å². The lowest BCUT2D eigenvalue weighted by molar-refractivity contribution is -0.137. The molecule has 1 atom stereocenters. The molecule has 4 aromatic rings. The SMILES string of the molecule is O=C(NCc1cc(-c2ccc(C(F)(F)F)cc2)nc(N2CCN(c3ccccc3F)CC2)n1)[C@@H]1CCCN1S(=O)(=O)c1cc(Cl)ccc1F. The van der Waals surface area contributed by atoms with E-state index in [4.69, 9.17) is 11.6 Å². The molecule has 2 aliphatic rings. The maximum atomic E-state index is 14.5. The van der Waals surface area contributed by atoms with Gasteiger partial charge in [0, 0.05) is 43.3 Å². The number of rotatable bonds is 8. The fraction of sp³-hybridized carbons (Fsp3) is 0.303. The summed E-state index contributed by atoms with van der Waals surface area (Å²) in [5.74, 6) is -1.70. The molecule has 3 aromatic carbocycles. The number of anilines is 2. The number of nitrogens with zero attached hydrogens (tertiary/aromatic N) is 5. The summed E-state index contributed by atoms with van der Waals surface area (Å²) in [5.41, 5.74) is 0.645. The smallest absolute Gasteiger partial charge is 0.366 e. The zero-order chi connectivity index (χ0) is 34.9. The van der Waals surface area contributed by atoms with Crippen LogP contribution < -0.4 is 15.1 Å². The number of para-hydroxylation sites is 1. The Balaban J connectivity index is 1.23. The van der Waals surface area contributed by atoms with Crippen LogP contribution in [-0.4, -0.2) is 67.4 Å². The van der Waals surface area contributed by atoms with Crippen LogP contribution in [0.25, 0.3) is 11.3 Å². The molecule has 258 valence electrons. The summed E-state index contributed by atoms with van der Waals surface area (Å²) in [6.45, 7) is 1.55. The second kappa shape index (κ2) is 13.9. The van der Waals surface area contributed by atoms with Gasteiger partial charge in [0.2, 0.25) is 21.9 Å². The fourth-order valence-corrected chi connectivity index (χ4v) is 7.92. The predicted molar refractivity (Wildman–Crippen MR) is 173 cm³/mol. The average Bonchev–Trinajstić information content (AvgIpc) is 3.60. The molecule has 9 nitrogen and oxygen atoms in total. The van der Waals surface area contributed by atoms with Gasteiger partial charge in [0.15, 0.2) is 0 Å². The monoisotopic (exact) mass is 720 g/mol. The van der Waals surface area contributed by atoms with Crippen molar-refractivity contribution < 1.29 is 35.2 Å². The summed E-state index contributed by atoms with van der Waals surface area (Å²) in [7, 11) is -4.40. The Labute approximate surface area is 284 Å². The third-order valence-electron chi connectivity index (χ3n) is 8.46. The number of halogens is 6. The molecular formula is C33H30ClF5N6O3S. The summed E-state index contributed by atoms with van der Waals surface area (Å²) in [4.78, 5) is 25.8. The largest absolute Gasteiger partial charge is 0.416 e. The highest BCUT2D eigenvalue weighted by Gasteiger charge is 2.40. The second-order valence-electron chi connectivity index (χ2n) is 11.6. The maximum Gasteiger partial charge on any atom is 0.416 e. The molecule has 1 amide bonds. The molecule has 0 bridgehead atoms. The molecule has 2 aliphatic heterocycles. The number of nitrogens with one attached hydrogen (secondary N) is 1. The van der Waals surface area contributed by atoms with Crippen molar-refractivity contribution in [1.82, 2.24) is 19.6 Å². The molecule has 0 unspecified atom stereocenters. The lowest BCUT2D eigenvalue weighted by Crippen LogP contribution is -2.47. The van der Waals surface area contributed by atoms with Gasteiger partial charge in [-0.15, -0.1) is 0 Å². The topological polar surface area (TPSA) is 98.7 Å². The van der Waals surface area contributed by atoms with Crippen molar-refractivity contribution in [2.24, 2.45) is 0 Å². The number of amides is 1. The first-order valence-electron chi connectivity index (χ1n) is 15.4. The van der Waals surface area contributed by atoms with Crippen LogP contribution in [0.2, 0.25) is 5.02 Å². The van der Waals surface area contributed by atoms with E-state index in [1.807, 2.05) is 9.80 Å². The Morgan fingerprint density at radius 1 is 0.878 bits per heavy atom. The highest BCUT2D eigenvalue weighted by molar-refractivity contribution is 7.89. The zero-order valence-electron chi connectivity index (χ0n) is 25.8. The number of alkyl halides is 3. The van der Waals surface area contributed by atoms with Crippen molar-refractivity contribution in [3.63, 3.8) is 0 Å². The minimum atomic E-state index is -4.52. The number of sulfonamides is 1. The van der Waals surface area contributed by atoms with Gasteiger partial charge in [0.25, 0.3) is 0 Å². The molecule has 6 rings (SSSR count). The minimum absolute atomic E-state index is 0.000949. The highest BCUT2D eigenvalue weighted by Crippen LogP contribution is 2.32. The molecule has 2 saturated heterocycles. The Morgan fingerprint density at radius 3 is 2.27 bits per heavy atom. The lowest BCUT2D eigenvalue weighted by atomic mass is 10.1. The molecule has 0 aliphatic carbocycles. The van der Waals surface area contributed by atoms with Crippen molar-refractivity contribution in [2.75, 3.05) is 42.5 Å². The fourth-order valence-electron chi connectivity index (χ4n) is 5.94. The first-order chi connectivity index (χ1) is 23.3. The van der Waals surface area contributed by atoms with Crippen LogP contribution >= 0.6 is 11.6 Å². The summed E-state index contributed by atoms with van der Waals surface area (Å²) >= 11 is 5.93. The average molecular weight is 721 g/mol. The van der Waals surface area contributed by atoms with Crippen LogP contribution in [0.15, 0.2) is 77.7 Å². The molecule has 3 heterocycles. The van der Waals surface area contributed by atoms with Crippen molar-refractivity contribution in [3.05, 3.63) is 101 Å². The molecular weight excluding hydrogens is 691 g/mol. The molecule has 0 spiro atoms. The molecule has 0 saturated carbocycles. The van der Waals surface area contributed by atoms with Crippen molar-refractivity contribution in [1.29, 1.82) is 0 Å². The summed E-state index contributed by atoms with van der Waals surface area (Å²) in [6.07, 6.45) is -3.96. The lowest BCUT2D eigenvalue weighted by Gasteiger charge is -2.36. The molecule has 2 fully saturated rings. The van der Waals surface area contributed by atoms with E-state index in [9.17, 15) is 35.2 Å². The number of carbonyl (C=O) groups excluding carboxylic acids is 1. The van der Waals surface area contributed by atoms with Gasteiger partial charge >= 0.3 is 6.18 Å². The Morgan fingerprint density at radius 2 is 1.57 bits per heavy atom. The van der Waals surface area contributed by atoms with E-state index >= 15 is 0 Å². The number of aromatic nitrogens is 2. The number of hydrogen-bond acceptors (Lipinski definition) is 7. The van der Waals surface area contributed by atoms with Crippen LogP contribution in [-0.2, 0) is 27.5 Å². The number of hydrogen-bond donors (Lipinski definition) is 1. The number of piperazine rings is 1. The van der Waals surface area contributed by atoms with E-state index in [-0.39, 0.29) is 36.3 Å². The van der Waals surface area contributed by atoms with Gasteiger partial charge in [-0.2, -0.15) is 17.5 Å². The van der Waals surface area contributed by atoms with E-state index in [1.165, 1.54) is 30.3 Å². The van der Waals surface area contributed by atoms with Crippen LogP contribution in [0.1, 0.15) is 24.1 Å². The molecule has 1 aromatic heterocycles. The normalized spacial score (nSPS) is 17.4. The van der Waals surface area contributed by atoms with E-state index in [0.29, 0.717) is 55.2 Å². The number of carbonyl (C=O) groups is 1. The van der Waals surface area contributed by atoms with Gasteiger partial charge in [0.1, 0.15) is 22.6 Å². The van der Waals surface area contributed by atoms with E-state index in [2.05, 4.69) is 15.3 Å². The van der Waals surface area contributed by atoms with Crippen molar-refractivity contribution in [2.45, 2.75) is 36.5 Å². The van der Waals surface area contributed by atoms with Gasteiger partial charge in [-0.1, -0.05) is 35.9 Å². The molecule has 1 N–H and O–H groups in total. The minimum Gasteiger partial charge on any atom is -0.366 e. The first-order valence-corrected chi connectivity index (χ1v) is 17.2. The summed E-state index contributed by atoms with van der Waals surface area (Å²) in [5, 5.41) is 2.75. The van der Waals surface area contributed by atoms with Crippen molar-refractivity contribution in [3.8, 4) is 11.3 Å². The van der Waals surface area contributed by atoms with Crippen molar-refractivity contribution >= 4 is 39.2 Å². The van der Waals surface area contributed by atoms with Gasteiger partial charge in [0.05, 0.1) is 29.2 Å². The standard InChI is InChI=1S/C33H30ClF5N6O3S/c34-23-11-12-26(36)30(18-23)49(47,48)45-13-3-6-29(45)31(46)40-20-24-19-27(21-7-9-22(10-8-21)33(37,38)39)42-32(41-24)44-16-14-43(15-17-44)28-5-2-1-4-25(28)35/h1-2,4-5,7-12,18-19,29H,3,6,13-17,20H2,(H,40,46)/t29-/m0/s1. The van der Waals surface area contributed by atoms with Gasteiger partial charge < -0.3 is 15.1 Å². The van der Waals surface area contributed by atoms with Crippen LogP contribution in [0, 0.1) is 11.6 Å². The maximum absolute atomic E-state index is 14.5. The Bertz CT molecular complexity index is 1960. The van der Waals surface area contributed by atoms with E-state index in [0.717, 1.165) is 28.6 Å². The van der Waals surface area contributed by atoms with E-state index in [1.54, 1.807) is 18.2 Å². The van der Waals surface area contributed by atoms with Gasteiger partial charge in [-0.05, 0) is 61.4 Å². The third-order valence-corrected chi connectivity index (χ3v) is 10.6. The second-order valence-corrected chi connectivity index (χ2v) is 13.9. The highest BCUT2D eigenvalue weighted by atomic mass is 35.5. The Kier molecular flexibility index (Phi) is 9.78. The van der Waals surface area contributed by atoms with Crippen LogP contribution in [0.4, 0.5) is 33.6 Å². The Hall–Kier alpha value is -4.34. The summed E-state index contributed by atoms with van der Waals surface area (Å²) < 4.78 is 96.4. The first kappa shape index (κ1) is 34.5. The van der Waals surface area contributed by atoms with Gasteiger partial charge in [-0.25, -0.2) is 27.2 Å². The van der Waals surface area contributed by atoms with E-state index < -0.39 is 44.4 Å². The van der Waals surface area contributed by atoms with Gasteiger partial charge in [-0.3, -0.25) is 4.79 Å². The number of benzene rings is 3. The zero-order valence-corrected chi connectivity index (χ0v) is 27.4. The molecule has 49 heavy (non-hydrogen) atoms.